The Morgan fingerprint density at radius 1 is 1.38 bits per heavy atom. The Hall–Kier alpha value is -1.80. The number of fused-ring (bicyclic) bond motifs is 1. The van der Waals surface area contributed by atoms with Crippen LogP contribution in [0.15, 0.2) is 6.07 Å². The van der Waals surface area contributed by atoms with E-state index in [1.165, 1.54) is 35.5 Å². The van der Waals surface area contributed by atoms with Crippen molar-refractivity contribution in [2.45, 2.75) is 25.7 Å². The molecule has 3 aromatic heterocycles. The predicted molar refractivity (Wildman–Crippen MR) is 83.2 cm³/mol. The largest absolute Gasteiger partial charge is 0.296 e. The van der Waals surface area contributed by atoms with Crippen LogP contribution in [-0.2, 0) is 7.05 Å². The predicted octanol–water partition coefficient (Wildman–Crippen LogP) is 2.92. The van der Waals surface area contributed by atoms with Crippen molar-refractivity contribution < 1.29 is 4.79 Å². The quantitative estimate of drug-likeness (QED) is 0.805. The van der Waals surface area contributed by atoms with Gasteiger partial charge in [-0.15, -0.1) is 21.5 Å². The first-order chi connectivity index (χ1) is 10.1. The zero-order valence-electron chi connectivity index (χ0n) is 11.6. The number of nitrogens with zero attached hydrogens (tertiary/aromatic N) is 4. The van der Waals surface area contributed by atoms with Crippen LogP contribution in [0.25, 0.3) is 10.2 Å². The Kier molecular flexibility index (Phi) is 2.83. The third kappa shape index (κ3) is 2.24. The number of rotatable bonds is 3. The normalized spacial score (nSPS) is 14.8. The van der Waals surface area contributed by atoms with Crippen LogP contribution in [0.2, 0.25) is 0 Å². The third-order valence-corrected chi connectivity index (χ3v) is 5.71. The summed E-state index contributed by atoms with van der Waals surface area (Å²) in [6, 6.07) is 1.89. The second kappa shape index (κ2) is 4.60. The summed E-state index contributed by atoms with van der Waals surface area (Å²) in [5.41, 5.74) is 0.940. The second-order valence-corrected chi connectivity index (χ2v) is 7.25. The molecular weight excluding hydrogens is 306 g/mol. The molecule has 108 valence electrons. The van der Waals surface area contributed by atoms with Gasteiger partial charge < -0.3 is 0 Å². The lowest BCUT2D eigenvalue weighted by molar-refractivity contribution is 0.103. The SMILES string of the molecule is Cc1nn(C)c2sc(C(=O)Nc3nnc(C4CC4)s3)cc12. The van der Waals surface area contributed by atoms with Crippen molar-refractivity contribution in [2.75, 3.05) is 5.32 Å². The molecule has 6 nitrogen and oxygen atoms in total. The second-order valence-electron chi connectivity index (χ2n) is 5.21. The van der Waals surface area contributed by atoms with E-state index in [1.807, 2.05) is 24.7 Å². The summed E-state index contributed by atoms with van der Waals surface area (Å²) in [6.45, 7) is 1.95. The van der Waals surface area contributed by atoms with Crippen LogP contribution in [0.3, 0.4) is 0 Å². The number of carbonyl (C=O) groups excluding carboxylic acids is 1. The first kappa shape index (κ1) is 12.9. The van der Waals surface area contributed by atoms with Crippen LogP contribution in [-0.4, -0.2) is 25.9 Å². The molecule has 4 rings (SSSR count). The molecule has 0 aliphatic heterocycles. The number of carbonyl (C=O) groups is 1. The third-order valence-electron chi connectivity index (χ3n) is 3.51. The fraction of sp³-hybridized carbons (Fsp3) is 0.385. The highest BCUT2D eigenvalue weighted by atomic mass is 32.1. The average molecular weight is 319 g/mol. The van der Waals surface area contributed by atoms with Crippen LogP contribution in [0.4, 0.5) is 5.13 Å². The van der Waals surface area contributed by atoms with Gasteiger partial charge in [-0.2, -0.15) is 5.10 Å². The van der Waals surface area contributed by atoms with E-state index in [9.17, 15) is 4.79 Å². The van der Waals surface area contributed by atoms with E-state index in [0.29, 0.717) is 15.9 Å². The van der Waals surface area contributed by atoms with Gasteiger partial charge in [0.05, 0.1) is 10.6 Å². The van der Waals surface area contributed by atoms with E-state index in [1.54, 1.807) is 0 Å². The van der Waals surface area contributed by atoms with Crippen LogP contribution in [0, 0.1) is 6.92 Å². The summed E-state index contributed by atoms with van der Waals surface area (Å²) < 4.78 is 1.81. The van der Waals surface area contributed by atoms with E-state index in [4.69, 9.17) is 0 Å². The Morgan fingerprint density at radius 3 is 2.90 bits per heavy atom. The maximum Gasteiger partial charge on any atom is 0.267 e. The van der Waals surface area contributed by atoms with Crippen molar-refractivity contribution in [1.82, 2.24) is 20.0 Å². The Morgan fingerprint density at radius 2 is 2.19 bits per heavy atom. The van der Waals surface area contributed by atoms with Gasteiger partial charge >= 0.3 is 0 Å². The standard InChI is InChI=1S/C13H13N5OS2/c1-6-8-5-9(20-12(8)18(2)17-6)10(19)14-13-16-15-11(21-13)7-3-4-7/h5,7H,3-4H2,1-2H3,(H,14,16,19). The van der Waals surface area contributed by atoms with Crippen molar-refractivity contribution in [3.8, 4) is 0 Å². The van der Waals surface area contributed by atoms with Crippen LogP contribution >= 0.6 is 22.7 Å². The molecule has 1 N–H and O–H groups in total. The highest BCUT2D eigenvalue weighted by molar-refractivity contribution is 7.20. The molecule has 3 heterocycles. The van der Waals surface area contributed by atoms with Gasteiger partial charge in [-0.25, -0.2) is 0 Å². The number of amides is 1. The van der Waals surface area contributed by atoms with E-state index in [2.05, 4.69) is 20.6 Å². The molecule has 0 radical (unpaired) electrons. The highest BCUT2D eigenvalue weighted by Gasteiger charge is 2.28. The fourth-order valence-corrected chi connectivity index (χ4v) is 4.18. The zero-order valence-corrected chi connectivity index (χ0v) is 13.2. The molecule has 0 spiro atoms. The topological polar surface area (TPSA) is 72.7 Å². The minimum atomic E-state index is -0.130. The monoisotopic (exact) mass is 319 g/mol. The van der Waals surface area contributed by atoms with Gasteiger partial charge in [-0.1, -0.05) is 11.3 Å². The van der Waals surface area contributed by atoms with E-state index >= 15 is 0 Å². The maximum absolute atomic E-state index is 12.3. The molecule has 0 unspecified atom stereocenters. The van der Waals surface area contributed by atoms with Gasteiger partial charge in [0.15, 0.2) is 0 Å². The molecule has 1 saturated carbocycles. The number of nitrogens with one attached hydrogen (secondary N) is 1. The molecule has 0 bridgehead atoms. The van der Waals surface area contributed by atoms with Crippen LogP contribution in [0.1, 0.15) is 39.1 Å². The number of hydrogen-bond acceptors (Lipinski definition) is 6. The van der Waals surface area contributed by atoms with Gasteiger partial charge in [0, 0.05) is 18.4 Å². The van der Waals surface area contributed by atoms with Gasteiger partial charge in [0.1, 0.15) is 9.84 Å². The van der Waals surface area contributed by atoms with Crippen LogP contribution < -0.4 is 5.32 Å². The van der Waals surface area contributed by atoms with Crippen molar-refractivity contribution in [3.63, 3.8) is 0 Å². The summed E-state index contributed by atoms with van der Waals surface area (Å²) in [4.78, 5) is 14.0. The average Bonchev–Trinajstić information content (AvgIpc) is 2.94. The zero-order chi connectivity index (χ0) is 14.6. The summed E-state index contributed by atoms with van der Waals surface area (Å²) in [5.74, 6) is 0.431. The van der Waals surface area contributed by atoms with Crippen molar-refractivity contribution in [2.24, 2.45) is 7.05 Å². The number of anilines is 1. The molecular formula is C13H13N5OS2. The highest BCUT2D eigenvalue weighted by Crippen LogP contribution is 2.42. The molecule has 0 atom stereocenters. The summed E-state index contributed by atoms with van der Waals surface area (Å²) in [5, 5.41) is 18.0. The minimum Gasteiger partial charge on any atom is -0.296 e. The van der Waals surface area contributed by atoms with Gasteiger partial charge in [-0.05, 0) is 25.8 Å². The van der Waals surface area contributed by atoms with E-state index in [-0.39, 0.29) is 5.91 Å². The molecule has 8 heteroatoms. The van der Waals surface area contributed by atoms with E-state index < -0.39 is 0 Å². The molecule has 1 fully saturated rings. The number of aromatic nitrogens is 4. The van der Waals surface area contributed by atoms with Gasteiger partial charge in [-0.3, -0.25) is 14.8 Å². The first-order valence-electron chi connectivity index (χ1n) is 6.69. The summed E-state index contributed by atoms with van der Waals surface area (Å²) in [7, 11) is 1.89. The maximum atomic E-state index is 12.3. The Balaban J connectivity index is 1.58. The lowest BCUT2D eigenvalue weighted by Gasteiger charge is -1.96. The Labute approximate surface area is 128 Å². The smallest absolute Gasteiger partial charge is 0.267 e. The van der Waals surface area contributed by atoms with Crippen molar-refractivity contribution in [3.05, 3.63) is 21.6 Å². The summed E-state index contributed by atoms with van der Waals surface area (Å²) in [6.07, 6.45) is 2.37. The molecule has 1 aliphatic rings. The molecule has 0 aromatic carbocycles. The van der Waals surface area contributed by atoms with Crippen molar-refractivity contribution in [1.29, 1.82) is 0 Å². The van der Waals surface area contributed by atoms with E-state index in [0.717, 1.165) is 20.9 Å². The summed E-state index contributed by atoms with van der Waals surface area (Å²) >= 11 is 2.92. The lowest BCUT2D eigenvalue weighted by Crippen LogP contribution is -2.09. The lowest BCUT2D eigenvalue weighted by atomic mass is 10.3. The Bertz CT molecular complexity index is 808. The van der Waals surface area contributed by atoms with Gasteiger partial charge in [0.25, 0.3) is 5.91 Å². The first-order valence-corrected chi connectivity index (χ1v) is 8.33. The molecule has 3 aromatic rings. The molecule has 1 aliphatic carbocycles. The number of thiophene rings is 1. The number of hydrogen-bond donors (Lipinski definition) is 1. The van der Waals surface area contributed by atoms with Crippen molar-refractivity contribution >= 4 is 43.9 Å². The molecule has 0 saturated heterocycles. The minimum absolute atomic E-state index is 0.130. The van der Waals surface area contributed by atoms with Crippen LogP contribution in [0.5, 0.6) is 0 Å². The molecule has 1 amide bonds. The number of aryl methyl sites for hydroxylation is 2. The van der Waals surface area contributed by atoms with Gasteiger partial charge in [0.2, 0.25) is 5.13 Å². The molecule has 21 heavy (non-hydrogen) atoms. The fourth-order valence-electron chi connectivity index (χ4n) is 2.26.